The summed E-state index contributed by atoms with van der Waals surface area (Å²) in [5.74, 6) is 0. The minimum absolute atomic E-state index is 0.0318. The van der Waals surface area contributed by atoms with Crippen molar-refractivity contribution in [2.24, 2.45) is 0 Å². The summed E-state index contributed by atoms with van der Waals surface area (Å²) in [5.41, 5.74) is 16.1. The van der Waals surface area contributed by atoms with Gasteiger partial charge in [0, 0.05) is 43.1 Å². The molecule has 0 aliphatic heterocycles. The molecule has 0 aliphatic rings. The maximum absolute atomic E-state index is 2.60. The molecule has 0 amide bonds. The highest BCUT2D eigenvalue weighted by atomic mass is 14.9. The van der Waals surface area contributed by atoms with Gasteiger partial charge in [0.1, 0.15) is 0 Å². The highest BCUT2D eigenvalue weighted by molar-refractivity contribution is 6.45. The minimum atomic E-state index is 0.0318. The predicted octanol–water partition coefficient (Wildman–Crippen LogP) is 14.8. The number of nitrogens with zero attached hydrogens (tertiary/aromatic N) is 2. The topological polar surface area (TPSA) is 8.82 Å². The van der Waals surface area contributed by atoms with E-state index in [-0.39, 0.29) is 21.7 Å². The summed E-state index contributed by atoms with van der Waals surface area (Å²) >= 11 is 0. The number of hydrogen-bond acceptors (Lipinski definition) is 0. The molecule has 2 nitrogen and oxygen atoms in total. The first-order valence-corrected chi connectivity index (χ1v) is 19.9. The van der Waals surface area contributed by atoms with E-state index < -0.39 is 0 Å². The molecular formula is C52H52N2. The molecule has 54 heavy (non-hydrogen) atoms. The molecule has 10 aromatic rings. The Labute approximate surface area is 319 Å². The SMILES string of the molecule is CC(C)(C)c1cc(-c2ccc3c(c2)c2c4c5cc(C(C)(C)C)ccc5n5c6ccccc6c(c6c7cc(C(C)(C)C)ccc7n3c26)c45)cc(C(C)(C)C)c1. The van der Waals surface area contributed by atoms with E-state index in [1.165, 1.54) is 110 Å². The molecule has 4 aromatic heterocycles. The van der Waals surface area contributed by atoms with Gasteiger partial charge in [0.2, 0.25) is 0 Å². The van der Waals surface area contributed by atoms with Crippen LogP contribution in [0.4, 0.5) is 0 Å². The highest BCUT2D eigenvalue weighted by Gasteiger charge is 2.30. The lowest BCUT2D eigenvalue weighted by molar-refractivity contribution is 0.569. The molecule has 0 saturated carbocycles. The third kappa shape index (κ3) is 4.46. The Kier molecular flexibility index (Phi) is 6.42. The van der Waals surface area contributed by atoms with Gasteiger partial charge in [-0.05, 0) is 97.5 Å². The van der Waals surface area contributed by atoms with Crippen LogP contribution in [0.2, 0.25) is 0 Å². The first kappa shape index (κ1) is 33.5. The molecule has 0 aliphatic carbocycles. The summed E-state index contributed by atoms with van der Waals surface area (Å²) in [6.45, 7) is 28.0. The summed E-state index contributed by atoms with van der Waals surface area (Å²) in [5, 5.41) is 10.9. The Hall–Kier alpha value is -5.08. The average Bonchev–Trinajstić information content (AvgIpc) is 3.82. The number of aromatic nitrogens is 2. The van der Waals surface area contributed by atoms with Crippen LogP contribution in [-0.2, 0) is 21.7 Å². The van der Waals surface area contributed by atoms with E-state index in [9.17, 15) is 0 Å². The fourth-order valence-corrected chi connectivity index (χ4v) is 9.41. The van der Waals surface area contributed by atoms with E-state index >= 15 is 0 Å². The first-order chi connectivity index (χ1) is 25.3. The van der Waals surface area contributed by atoms with Crippen molar-refractivity contribution < 1.29 is 0 Å². The third-order valence-electron chi connectivity index (χ3n) is 12.6. The molecule has 10 rings (SSSR count). The van der Waals surface area contributed by atoms with Crippen LogP contribution in [0, 0.1) is 0 Å². The van der Waals surface area contributed by atoms with Gasteiger partial charge in [0.05, 0.1) is 33.1 Å². The largest absolute Gasteiger partial charge is 0.308 e. The lowest BCUT2D eigenvalue weighted by atomic mass is 9.79. The quantitative estimate of drug-likeness (QED) is 0.161. The van der Waals surface area contributed by atoms with Gasteiger partial charge in [-0.15, -0.1) is 0 Å². The molecule has 0 radical (unpaired) electrons. The van der Waals surface area contributed by atoms with Crippen molar-refractivity contribution in [3.05, 3.63) is 119 Å². The Bertz CT molecular complexity index is 3140. The Morgan fingerprint density at radius 1 is 0.315 bits per heavy atom. The molecule has 2 heteroatoms. The number of fused-ring (bicyclic) bond motifs is 14. The van der Waals surface area contributed by atoms with Crippen LogP contribution >= 0.6 is 0 Å². The van der Waals surface area contributed by atoms with Crippen molar-refractivity contribution in [3.63, 3.8) is 0 Å². The second-order valence-corrected chi connectivity index (χ2v) is 20.4. The maximum Gasteiger partial charge on any atom is 0.0634 e. The van der Waals surface area contributed by atoms with E-state index in [0.717, 1.165) is 0 Å². The van der Waals surface area contributed by atoms with Gasteiger partial charge in [-0.2, -0.15) is 0 Å². The molecule has 0 N–H and O–H groups in total. The zero-order chi connectivity index (χ0) is 38.0. The number of para-hydroxylation sites is 1. The molecule has 0 fully saturated rings. The monoisotopic (exact) mass is 704 g/mol. The van der Waals surface area contributed by atoms with Crippen molar-refractivity contribution in [1.29, 1.82) is 0 Å². The third-order valence-corrected chi connectivity index (χ3v) is 12.6. The van der Waals surface area contributed by atoms with Crippen LogP contribution in [0.25, 0.3) is 87.3 Å². The van der Waals surface area contributed by atoms with Gasteiger partial charge in [0.25, 0.3) is 0 Å². The smallest absolute Gasteiger partial charge is 0.0634 e. The highest BCUT2D eigenvalue weighted by Crippen LogP contribution is 2.53. The van der Waals surface area contributed by atoms with E-state index in [1.54, 1.807) is 0 Å². The number of benzene rings is 6. The number of rotatable bonds is 1. The molecule has 0 atom stereocenters. The van der Waals surface area contributed by atoms with Crippen LogP contribution in [0.1, 0.15) is 105 Å². The van der Waals surface area contributed by atoms with Crippen LogP contribution in [0.5, 0.6) is 0 Å². The van der Waals surface area contributed by atoms with Gasteiger partial charge in [0.15, 0.2) is 0 Å². The van der Waals surface area contributed by atoms with E-state index in [0.29, 0.717) is 0 Å². The molecular weight excluding hydrogens is 653 g/mol. The van der Waals surface area contributed by atoms with Gasteiger partial charge in [-0.1, -0.05) is 138 Å². The molecule has 0 unspecified atom stereocenters. The average molecular weight is 705 g/mol. The van der Waals surface area contributed by atoms with Crippen molar-refractivity contribution in [1.82, 2.24) is 8.80 Å². The van der Waals surface area contributed by atoms with Gasteiger partial charge < -0.3 is 8.80 Å². The second-order valence-electron chi connectivity index (χ2n) is 20.4. The molecule has 6 aromatic carbocycles. The van der Waals surface area contributed by atoms with Crippen LogP contribution in [0.3, 0.4) is 0 Å². The Morgan fingerprint density at radius 3 is 1.17 bits per heavy atom. The van der Waals surface area contributed by atoms with Crippen molar-refractivity contribution in [2.75, 3.05) is 0 Å². The Morgan fingerprint density at radius 2 is 0.704 bits per heavy atom. The molecule has 270 valence electrons. The lowest BCUT2D eigenvalue weighted by Crippen LogP contribution is -2.16. The van der Waals surface area contributed by atoms with E-state index in [2.05, 4.69) is 189 Å². The molecule has 0 saturated heterocycles. The van der Waals surface area contributed by atoms with E-state index in [1.807, 2.05) is 0 Å². The summed E-state index contributed by atoms with van der Waals surface area (Å²) < 4.78 is 5.18. The maximum atomic E-state index is 2.60. The van der Waals surface area contributed by atoms with Gasteiger partial charge in [-0.3, -0.25) is 0 Å². The second kappa shape index (κ2) is 10.4. The van der Waals surface area contributed by atoms with Crippen LogP contribution < -0.4 is 0 Å². The summed E-state index contributed by atoms with van der Waals surface area (Å²) in [6, 6.07) is 38.2. The summed E-state index contributed by atoms with van der Waals surface area (Å²) in [4.78, 5) is 0. The van der Waals surface area contributed by atoms with Crippen molar-refractivity contribution >= 4 is 76.2 Å². The van der Waals surface area contributed by atoms with Gasteiger partial charge in [-0.25, -0.2) is 0 Å². The van der Waals surface area contributed by atoms with Gasteiger partial charge >= 0.3 is 0 Å². The zero-order valence-electron chi connectivity index (χ0n) is 34.1. The van der Waals surface area contributed by atoms with Crippen LogP contribution in [-0.4, -0.2) is 8.80 Å². The molecule has 0 spiro atoms. The Balaban J connectivity index is 1.46. The van der Waals surface area contributed by atoms with Crippen molar-refractivity contribution in [3.8, 4) is 11.1 Å². The summed E-state index contributed by atoms with van der Waals surface area (Å²) in [7, 11) is 0. The molecule has 4 heterocycles. The predicted molar refractivity (Wildman–Crippen MR) is 236 cm³/mol. The number of hydrogen-bond donors (Lipinski definition) is 0. The minimum Gasteiger partial charge on any atom is -0.308 e. The normalized spacial score (nSPS) is 13.9. The first-order valence-electron chi connectivity index (χ1n) is 19.9. The fraction of sp³-hybridized carbons (Fsp3) is 0.308. The zero-order valence-corrected chi connectivity index (χ0v) is 34.1. The lowest BCUT2D eigenvalue weighted by Gasteiger charge is -2.26. The van der Waals surface area contributed by atoms with Crippen molar-refractivity contribution in [2.45, 2.75) is 105 Å². The fourth-order valence-electron chi connectivity index (χ4n) is 9.41. The van der Waals surface area contributed by atoms with E-state index in [4.69, 9.17) is 0 Å². The van der Waals surface area contributed by atoms with Crippen LogP contribution in [0.15, 0.2) is 97.1 Å². The summed E-state index contributed by atoms with van der Waals surface area (Å²) in [6.07, 6.45) is 0. The standard InChI is InChI=1S/C52H52N2/c1-49(2,3)31-19-22-42-37(27-31)45-43-35-15-13-14-16-39(35)53-41-21-18-32(50(4,5)6)28-38(41)46(47(43)53)44-36-25-29(17-20-40(36)54(42)48(44)45)30-23-33(51(7,8)9)26-34(24-30)52(10,11)12/h13-28H,1-12H3. The molecule has 0 bridgehead atoms.